The highest BCUT2D eigenvalue weighted by molar-refractivity contribution is 8.03. The molecule has 1 saturated heterocycles. The highest BCUT2D eigenvalue weighted by Crippen LogP contribution is 2.42. The lowest BCUT2D eigenvalue weighted by atomic mass is 10.2. The summed E-state index contributed by atoms with van der Waals surface area (Å²) in [4.78, 5) is 25.5. The van der Waals surface area contributed by atoms with E-state index in [0.717, 1.165) is 22.8 Å². The summed E-state index contributed by atoms with van der Waals surface area (Å²) >= 11 is 1.57. The molecule has 0 saturated carbocycles. The van der Waals surface area contributed by atoms with Crippen LogP contribution in [0.5, 0.6) is 0 Å². The molecule has 0 aromatic heterocycles. The Morgan fingerprint density at radius 3 is 2.85 bits per heavy atom. The molecule has 0 bridgehead atoms. The van der Waals surface area contributed by atoms with Crippen LogP contribution in [-0.2, 0) is 19.1 Å². The van der Waals surface area contributed by atoms with E-state index in [1.165, 1.54) is 6.08 Å². The first-order valence-corrected chi connectivity index (χ1v) is 7.73. The molecule has 1 fully saturated rings. The number of ether oxygens (including phenoxy) is 2. The number of hydrogen-bond donors (Lipinski definition) is 0. The van der Waals surface area contributed by atoms with Gasteiger partial charge in [-0.25, -0.2) is 9.59 Å². The fraction of sp³-hybridized carbons (Fsp3) is 0.571. The molecule has 2 heterocycles. The van der Waals surface area contributed by atoms with Crippen molar-refractivity contribution in [2.24, 2.45) is 0 Å². The van der Waals surface area contributed by atoms with Gasteiger partial charge in [0.15, 0.2) is 0 Å². The third-order valence-corrected chi connectivity index (χ3v) is 4.13. The first kappa shape index (κ1) is 15.0. The van der Waals surface area contributed by atoms with Gasteiger partial charge in [-0.15, -0.1) is 11.8 Å². The van der Waals surface area contributed by atoms with Crippen LogP contribution >= 0.6 is 11.8 Å². The third kappa shape index (κ3) is 3.17. The molecule has 2 aliphatic rings. The largest absolute Gasteiger partial charge is 0.463 e. The Bertz CT molecular complexity index is 482. The lowest BCUT2D eigenvalue weighted by molar-refractivity contribution is -0.142. The highest BCUT2D eigenvalue weighted by atomic mass is 32.2. The Morgan fingerprint density at radius 1 is 1.45 bits per heavy atom. The van der Waals surface area contributed by atoms with Crippen LogP contribution in [0.3, 0.4) is 0 Å². The molecule has 0 aromatic rings. The maximum absolute atomic E-state index is 12.0. The molecule has 0 aromatic carbocycles. The minimum absolute atomic E-state index is 0.120. The van der Waals surface area contributed by atoms with Gasteiger partial charge in [0.25, 0.3) is 0 Å². The molecule has 0 N–H and O–H groups in total. The predicted molar refractivity (Wildman–Crippen MR) is 76.8 cm³/mol. The zero-order valence-corrected chi connectivity index (χ0v) is 12.8. The first-order valence-electron chi connectivity index (χ1n) is 6.74. The number of esters is 2. The molecule has 5 nitrogen and oxygen atoms in total. The average Bonchev–Trinajstić information content (AvgIpc) is 2.91. The van der Waals surface area contributed by atoms with Crippen LogP contribution in [0.15, 0.2) is 22.4 Å². The molecule has 0 spiro atoms. The Labute approximate surface area is 123 Å². The lowest BCUT2D eigenvalue weighted by Gasteiger charge is -2.14. The topological polar surface area (TPSA) is 55.8 Å². The normalized spacial score (nSPS) is 19.8. The van der Waals surface area contributed by atoms with Crippen molar-refractivity contribution in [3.05, 3.63) is 22.4 Å². The Balaban J connectivity index is 2.12. The van der Waals surface area contributed by atoms with E-state index in [0.29, 0.717) is 18.8 Å². The molecular formula is C14H19NO4S. The molecule has 2 rings (SSSR count). The smallest absolute Gasteiger partial charge is 0.336 e. The molecule has 6 heteroatoms. The van der Waals surface area contributed by atoms with Crippen LogP contribution in [0.2, 0.25) is 0 Å². The fourth-order valence-corrected chi connectivity index (χ4v) is 3.42. The van der Waals surface area contributed by atoms with Gasteiger partial charge in [-0.1, -0.05) is 0 Å². The summed E-state index contributed by atoms with van der Waals surface area (Å²) in [5.41, 5.74) is 1.62. The number of rotatable bonds is 4. The third-order valence-electron chi connectivity index (χ3n) is 2.95. The van der Waals surface area contributed by atoms with Gasteiger partial charge in [0, 0.05) is 30.5 Å². The molecule has 0 radical (unpaired) electrons. The standard InChI is InChI=1S/C14H19NO4S/c1-4-18-12(16)7-10-8-20-13-11(5-6-15(10)13)14(17)19-9(2)3/h7,9H,4-6,8H2,1-3H3/b10-7+. The second kappa shape index (κ2) is 6.35. The lowest BCUT2D eigenvalue weighted by Crippen LogP contribution is -2.15. The number of carbonyl (C=O) groups is 2. The predicted octanol–water partition coefficient (Wildman–Crippen LogP) is 2.05. The van der Waals surface area contributed by atoms with Crippen molar-refractivity contribution in [3.8, 4) is 0 Å². The van der Waals surface area contributed by atoms with E-state index >= 15 is 0 Å². The number of thioether (sulfide) groups is 1. The van der Waals surface area contributed by atoms with Crippen LogP contribution in [0.25, 0.3) is 0 Å². The van der Waals surface area contributed by atoms with E-state index in [4.69, 9.17) is 9.47 Å². The van der Waals surface area contributed by atoms with E-state index in [2.05, 4.69) is 0 Å². The fourth-order valence-electron chi connectivity index (χ4n) is 2.17. The van der Waals surface area contributed by atoms with E-state index in [-0.39, 0.29) is 18.0 Å². The summed E-state index contributed by atoms with van der Waals surface area (Å²) in [7, 11) is 0. The van der Waals surface area contributed by atoms with Gasteiger partial charge in [0.05, 0.1) is 23.3 Å². The van der Waals surface area contributed by atoms with Crippen molar-refractivity contribution in [1.82, 2.24) is 4.90 Å². The number of carbonyl (C=O) groups excluding carboxylic acids is 2. The van der Waals surface area contributed by atoms with Gasteiger partial charge in [0.1, 0.15) is 0 Å². The summed E-state index contributed by atoms with van der Waals surface area (Å²) in [6.07, 6.45) is 2.06. The monoisotopic (exact) mass is 297 g/mol. The Kier molecular flexibility index (Phi) is 4.75. The van der Waals surface area contributed by atoms with Crippen LogP contribution < -0.4 is 0 Å². The molecule has 0 amide bonds. The summed E-state index contributed by atoms with van der Waals surface area (Å²) in [6.45, 7) is 6.54. The first-order chi connectivity index (χ1) is 9.52. The van der Waals surface area contributed by atoms with Gasteiger partial charge in [-0.3, -0.25) is 0 Å². The van der Waals surface area contributed by atoms with E-state index in [1.807, 2.05) is 18.7 Å². The minimum Gasteiger partial charge on any atom is -0.463 e. The second-order valence-electron chi connectivity index (χ2n) is 4.82. The Hall–Kier alpha value is -1.43. The summed E-state index contributed by atoms with van der Waals surface area (Å²) in [5.74, 6) is 0.108. The van der Waals surface area contributed by atoms with Crippen molar-refractivity contribution < 1.29 is 19.1 Å². The molecular weight excluding hydrogens is 278 g/mol. The van der Waals surface area contributed by atoms with Crippen molar-refractivity contribution in [2.45, 2.75) is 33.3 Å². The maximum Gasteiger partial charge on any atom is 0.336 e. The van der Waals surface area contributed by atoms with Gasteiger partial charge in [-0.05, 0) is 20.8 Å². The zero-order valence-electron chi connectivity index (χ0n) is 12.0. The number of hydrogen-bond acceptors (Lipinski definition) is 6. The number of nitrogens with zero attached hydrogens (tertiary/aromatic N) is 1. The van der Waals surface area contributed by atoms with Gasteiger partial charge in [0.2, 0.25) is 0 Å². The molecule has 110 valence electrons. The number of fused-ring (bicyclic) bond motifs is 1. The second-order valence-corrected chi connectivity index (χ2v) is 5.78. The van der Waals surface area contributed by atoms with Crippen LogP contribution in [-0.4, -0.2) is 41.8 Å². The highest BCUT2D eigenvalue weighted by Gasteiger charge is 2.35. The van der Waals surface area contributed by atoms with E-state index in [1.54, 1.807) is 18.7 Å². The van der Waals surface area contributed by atoms with Gasteiger partial charge < -0.3 is 14.4 Å². The average molecular weight is 297 g/mol. The van der Waals surface area contributed by atoms with Crippen LogP contribution in [0.1, 0.15) is 27.2 Å². The summed E-state index contributed by atoms with van der Waals surface area (Å²) < 4.78 is 10.2. The summed E-state index contributed by atoms with van der Waals surface area (Å²) in [5, 5.41) is 0.922. The van der Waals surface area contributed by atoms with Gasteiger partial charge >= 0.3 is 11.9 Å². The molecule has 0 unspecified atom stereocenters. The van der Waals surface area contributed by atoms with Gasteiger partial charge in [-0.2, -0.15) is 0 Å². The van der Waals surface area contributed by atoms with E-state index < -0.39 is 0 Å². The van der Waals surface area contributed by atoms with Crippen molar-refractivity contribution in [3.63, 3.8) is 0 Å². The molecule has 2 aliphatic heterocycles. The SMILES string of the molecule is CCOC(=O)/C=C1\CSC2=C(C(=O)OC(C)C)CCN21. The maximum atomic E-state index is 12.0. The van der Waals surface area contributed by atoms with E-state index in [9.17, 15) is 9.59 Å². The zero-order chi connectivity index (χ0) is 14.7. The van der Waals surface area contributed by atoms with Crippen LogP contribution in [0.4, 0.5) is 0 Å². The quantitative estimate of drug-likeness (QED) is 0.585. The molecule has 0 aliphatic carbocycles. The summed E-state index contributed by atoms with van der Waals surface area (Å²) in [6, 6.07) is 0. The molecule has 0 atom stereocenters. The van der Waals surface area contributed by atoms with Crippen LogP contribution in [0, 0.1) is 0 Å². The van der Waals surface area contributed by atoms with Crippen molar-refractivity contribution in [1.29, 1.82) is 0 Å². The Morgan fingerprint density at radius 2 is 2.20 bits per heavy atom. The molecule has 20 heavy (non-hydrogen) atoms. The van der Waals surface area contributed by atoms with Crippen molar-refractivity contribution >= 4 is 23.7 Å². The minimum atomic E-state index is -0.331. The van der Waals surface area contributed by atoms with Crippen molar-refractivity contribution in [2.75, 3.05) is 18.9 Å².